The normalized spacial score (nSPS) is 13.5. The minimum Gasteiger partial charge on any atom is -0.434 e. The number of benzene rings is 1. The molecule has 0 aliphatic carbocycles. The summed E-state index contributed by atoms with van der Waals surface area (Å²) in [6, 6.07) is 4.30. The van der Waals surface area contributed by atoms with Crippen LogP contribution in [0.1, 0.15) is 32.3 Å². The lowest BCUT2D eigenvalue weighted by atomic mass is 9.94. The Morgan fingerprint density at radius 1 is 1.38 bits per heavy atom. The van der Waals surface area contributed by atoms with Crippen LogP contribution in [-0.4, -0.2) is 29.3 Å². The lowest BCUT2D eigenvalue weighted by molar-refractivity contribution is -0.145. The molecule has 2 rings (SSSR count). The van der Waals surface area contributed by atoms with Gasteiger partial charge in [0.15, 0.2) is 0 Å². The molecule has 1 aromatic carbocycles. The third-order valence-electron chi connectivity index (χ3n) is 3.65. The molecule has 0 unspecified atom stereocenters. The van der Waals surface area contributed by atoms with Crippen LogP contribution in [0.15, 0.2) is 24.4 Å². The second-order valence-corrected chi connectivity index (χ2v) is 5.94. The highest BCUT2D eigenvalue weighted by atomic mass is 19.1. The Morgan fingerprint density at radius 3 is 2.83 bits per heavy atom. The fourth-order valence-electron chi connectivity index (χ4n) is 2.29. The van der Waals surface area contributed by atoms with Crippen LogP contribution < -0.4 is 5.73 Å². The summed E-state index contributed by atoms with van der Waals surface area (Å²) in [5.41, 5.74) is 5.91. The molecule has 0 aliphatic heterocycles. The molecule has 24 heavy (non-hydrogen) atoms. The number of esters is 1. The highest BCUT2D eigenvalue weighted by molar-refractivity contribution is 5.90. The number of nitrogens with one attached hydrogen (secondary N) is 1. The summed E-state index contributed by atoms with van der Waals surface area (Å²) >= 11 is 0. The number of ether oxygens (including phenoxy) is 2. The number of carbonyl (C=O) groups is 2. The summed E-state index contributed by atoms with van der Waals surface area (Å²) in [6.07, 6.45) is 2.28. The molecule has 7 heteroatoms. The molecule has 0 spiro atoms. The lowest BCUT2D eigenvalue weighted by Gasteiger charge is -2.21. The van der Waals surface area contributed by atoms with E-state index in [4.69, 9.17) is 10.5 Å². The Hall–Kier alpha value is -2.41. The van der Waals surface area contributed by atoms with E-state index in [0.717, 1.165) is 17.4 Å². The van der Waals surface area contributed by atoms with Crippen molar-refractivity contribution in [3.05, 3.63) is 35.8 Å². The first-order chi connectivity index (χ1) is 11.3. The highest BCUT2D eigenvalue weighted by Crippen LogP contribution is 2.23. The second kappa shape index (κ2) is 7.44. The molecule has 1 atom stereocenters. The van der Waals surface area contributed by atoms with E-state index >= 15 is 0 Å². The standard InChI is InChI=1S/C17H21FN2O4/c1-3-4-7-23-16(22)24-15(21)17(2,19)9-11-10-20-14-8-12(18)5-6-13(11)14/h5-6,8,10,20H,3-4,7,9,19H2,1-2H3/t17-/m0/s1. The fourth-order valence-corrected chi connectivity index (χ4v) is 2.29. The molecular formula is C17H21FN2O4. The van der Waals surface area contributed by atoms with Crippen molar-refractivity contribution in [3.63, 3.8) is 0 Å². The molecule has 0 radical (unpaired) electrons. The summed E-state index contributed by atoms with van der Waals surface area (Å²) in [7, 11) is 0. The van der Waals surface area contributed by atoms with E-state index in [9.17, 15) is 14.0 Å². The maximum atomic E-state index is 13.2. The number of aromatic nitrogens is 1. The molecule has 6 nitrogen and oxygen atoms in total. The van der Waals surface area contributed by atoms with Gasteiger partial charge in [-0.3, -0.25) is 0 Å². The van der Waals surface area contributed by atoms with Gasteiger partial charge in [0.25, 0.3) is 0 Å². The third kappa shape index (κ3) is 4.32. The van der Waals surface area contributed by atoms with Crippen molar-refractivity contribution in [3.8, 4) is 0 Å². The maximum Gasteiger partial charge on any atom is 0.516 e. The van der Waals surface area contributed by atoms with Gasteiger partial charge >= 0.3 is 12.1 Å². The van der Waals surface area contributed by atoms with E-state index in [1.165, 1.54) is 19.1 Å². The first-order valence-electron chi connectivity index (χ1n) is 7.77. The van der Waals surface area contributed by atoms with E-state index < -0.39 is 17.7 Å². The summed E-state index contributed by atoms with van der Waals surface area (Å²) in [4.78, 5) is 26.5. The molecule has 0 amide bonds. The Bertz CT molecular complexity index is 739. The van der Waals surface area contributed by atoms with Gasteiger partial charge in [0.05, 0.1) is 6.61 Å². The molecule has 0 aliphatic rings. The smallest absolute Gasteiger partial charge is 0.434 e. The van der Waals surface area contributed by atoms with Gasteiger partial charge in [-0.25, -0.2) is 14.0 Å². The molecule has 0 fully saturated rings. The van der Waals surface area contributed by atoms with Crippen LogP contribution in [0.25, 0.3) is 10.9 Å². The SMILES string of the molecule is CCCCOC(=O)OC(=O)[C@@](C)(N)Cc1c[nH]c2cc(F)ccc12. The Kier molecular flexibility index (Phi) is 5.56. The number of aromatic amines is 1. The van der Waals surface area contributed by atoms with E-state index in [-0.39, 0.29) is 18.8 Å². The zero-order valence-electron chi connectivity index (χ0n) is 13.7. The number of fused-ring (bicyclic) bond motifs is 1. The first kappa shape index (κ1) is 17.9. The highest BCUT2D eigenvalue weighted by Gasteiger charge is 2.33. The lowest BCUT2D eigenvalue weighted by Crippen LogP contribution is -2.48. The van der Waals surface area contributed by atoms with Gasteiger partial charge in [0.2, 0.25) is 0 Å². The molecule has 3 N–H and O–H groups in total. The van der Waals surface area contributed by atoms with E-state index in [0.29, 0.717) is 11.9 Å². The maximum absolute atomic E-state index is 13.2. The molecule has 0 saturated carbocycles. The molecule has 2 aromatic rings. The largest absolute Gasteiger partial charge is 0.516 e. The van der Waals surface area contributed by atoms with Gasteiger partial charge in [0.1, 0.15) is 11.4 Å². The molecule has 1 heterocycles. The Labute approximate surface area is 139 Å². The average molecular weight is 336 g/mol. The van der Waals surface area contributed by atoms with Crippen molar-refractivity contribution in [2.45, 2.75) is 38.6 Å². The fraction of sp³-hybridized carbons (Fsp3) is 0.412. The number of rotatable bonds is 6. The number of nitrogens with two attached hydrogens (primary N) is 1. The number of hydrogen-bond acceptors (Lipinski definition) is 5. The second-order valence-electron chi connectivity index (χ2n) is 5.94. The van der Waals surface area contributed by atoms with Gasteiger partial charge in [-0.05, 0) is 37.1 Å². The summed E-state index contributed by atoms with van der Waals surface area (Å²) in [6.45, 7) is 3.61. The monoisotopic (exact) mass is 336 g/mol. The van der Waals surface area contributed by atoms with Gasteiger partial charge in [-0.2, -0.15) is 0 Å². The van der Waals surface area contributed by atoms with Crippen LogP contribution in [-0.2, 0) is 20.7 Å². The molecule has 130 valence electrons. The minimum absolute atomic E-state index is 0.125. The van der Waals surface area contributed by atoms with Crippen LogP contribution >= 0.6 is 0 Å². The zero-order valence-corrected chi connectivity index (χ0v) is 13.7. The topological polar surface area (TPSA) is 94.4 Å². The molecule has 0 saturated heterocycles. The van der Waals surface area contributed by atoms with Gasteiger partial charge in [0, 0.05) is 23.5 Å². The minimum atomic E-state index is -1.42. The third-order valence-corrected chi connectivity index (χ3v) is 3.65. The summed E-state index contributed by atoms with van der Waals surface area (Å²) < 4.78 is 22.6. The zero-order chi connectivity index (χ0) is 17.7. The number of unbranched alkanes of at least 4 members (excludes halogenated alkanes) is 1. The van der Waals surface area contributed by atoms with E-state index in [1.54, 1.807) is 12.3 Å². The number of halogens is 1. The van der Waals surface area contributed by atoms with Crippen molar-refractivity contribution in [2.24, 2.45) is 5.73 Å². The van der Waals surface area contributed by atoms with Crippen molar-refractivity contribution in [1.29, 1.82) is 0 Å². The number of carbonyl (C=O) groups excluding carboxylic acids is 2. The van der Waals surface area contributed by atoms with Gasteiger partial charge in [-0.15, -0.1) is 0 Å². The Morgan fingerprint density at radius 2 is 2.12 bits per heavy atom. The average Bonchev–Trinajstić information content (AvgIpc) is 2.89. The van der Waals surface area contributed by atoms with Crippen LogP contribution in [0.5, 0.6) is 0 Å². The van der Waals surface area contributed by atoms with Gasteiger partial charge in [-0.1, -0.05) is 13.3 Å². The number of hydrogen-bond donors (Lipinski definition) is 2. The van der Waals surface area contributed by atoms with E-state index in [1.807, 2.05) is 6.92 Å². The quantitative estimate of drug-likeness (QED) is 0.480. The predicted octanol–water partition coefficient (Wildman–Crippen LogP) is 3.05. The van der Waals surface area contributed by atoms with Crippen molar-refractivity contribution >= 4 is 23.0 Å². The van der Waals surface area contributed by atoms with Crippen LogP contribution in [0, 0.1) is 5.82 Å². The van der Waals surface area contributed by atoms with Gasteiger partial charge < -0.3 is 20.2 Å². The predicted molar refractivity (Wildman–Crippen MR) is 86.9 cm³/mol. The summed E-state index contributed by atoms with van der Waals surface area (Å²) in [5.74, 6) is -1.24. The first-order valence-corrected chi connectivity index (χ1v) is 7.77. The van der Waals surface area contributed by atoms with E-state index in [2.05, 4.69) is 9.72 Å². The molecular weight excluding hydrogens is 315 g/mol. The van der Waals surface area contributed by atoms with Crippen LogP contribution in [0.4, 0.5) is 9.18 Å². The molecule has 1 aromatic heterocycles. The molecule has 0 bridgehead atoms. The Balaban J connectivity index is 2.03. The van der Waals surface area contributed by atoms with Crippen molar-refractivity contribution in [2.75, 3.05) is 6.61 Å². The van der Waals surface area contributed by atoms with Crippen LogP contribution in [0.2, 0.25) is 0 Å². The van der Waals surface area contributed by atoms with Crippen molar-refractivity contribution < 1.29 is 23.5 Å². The van der Waals surface area contributed by atoms with Crippen LogP contribution in [0.3, 0.4) is 0 Å². The summed E-state index contributed by atoms with van der Waals surface area (Å²) in [5, 5.41) is 0.756. The number of H-pyrrole nitrogens is 1. The van der Waals surface area contributed by atoms with Crippen molar-refractivity contribution in [1.82, 2.24) is 4.98 Å².